The lowest BCUT2D eigenvalue weighted by Crippen LogP contribution is -2.58. The summed E-state index contributed by atoms with van der Waals surface area (Å²) in [5.74, 6) is -0.597. The second kappa shape index (κ2) is 7.02. The van der Waals surface area contributed by atoms with E-state index in [1.54, 1.807) is 9.58 Å². The third-order valence-electron chi connectivity index (χ3n) is 5.71. The number of carbonyl (C=O) groups excluding carboxylic acids is 2. The van der Waals surface area contributed by atoms with Crippen LogP contribution in [0.25, 0.3) is 11.3 Å². The summed E-state index contributed by atoms with van der Waals surface area (Å²) in [5, 5.41) is 7.54. The van der Waals surface area contributed by atoms with Gasteiger partial charge in [0.25, 0.3) is 5.91 Å². The number of hydrogen-bond donors (Lipinski definition) is 2. The summed E-state index contributed by atoms with van der Waals surface area (Å²) in [6.45, 7) is 5.33. The third-order valence-corrected chi connectivity index (χ3v) is 6.00. The molecule has 1 saturated carbocycles. The average molecular weight is 420 g/mol. The normalized spacial score (nSPS) is 23.3. The number of aromatic nitrogens is 2. The minimum absolute atomic E-state index is 0.0622. The zero-order valence-corrected chi connectivity index (χ0v) is 17.1. The van der Waals surface area contributed by atoms with Crippen LogP contribution < -0.4 is 11.1 Å². The maximum absolute atomic E-state index is 13.5. The van der Waals surface area contributed by atoms with Gasteiger partial charge in [-0.25, -0.2) is 9.18 Å². The van der Waals surface area contributed by atoms with Gasteiger partial charge in [0.05, 0.1) is 29.4 Å². The second-order valence-corrected chi connectivity index (χ2v) is 8.72. The van der Waals surface area contributed by atoms with Crippen molar-refractivity contribution in [2.24, 2.45) is 11.7 Å². The molecule has 1 aliphatic carbocycles. The number of nitrogens with zero attached hydrogens (tertiary/aromatic N) is 3. The van der Waals surface area contributed by atoms with Crippen LogP contribution in [-0.2, 0) is 13.1 Å². The highest BCUT2D eigenvalue weighted by Gasteiger charge is 2.40. The van der Waals surface area contributed by atoms with E-state index >= 15 is 0 Å². The molecule has 1 aromatic heterocycles. The van der Waals surface area contributed by atoms with Gasteiger partial charge in [-0.2, -0.15) is 5.10 Å². The molecule has 9 heteroatoms. The first kappa shape index (κ1) is 19.7. The van der Waals surface area contributed by atoms with Crippen molar-refractivity contribution >= 4 is 23.5 Å². The number of carbonyl (C=O) groups is 2. The van der Waals surface area contributed by atoms with Crippen molar-refractivity contribution in [2.45, 2.75) is 45.3 Å². The van der Waals surface area contributed by atoms with E-state index in [2.05, 4.69) is 17.3 Å². The highest BCUT2D eigenvalue weighted by Crippen LogP contribution is 2.37. The van der Waals surface area contributed by atoms with E-state index in [9.17, 15) is 14.0 Å². The molecule has 2 aliphatic rings. The fourth-order valence-electron chi connectivity index (χ4n) is 4.51. The molecule has 0 atom stereocenters. The van der Waals surface area contributed by atoms with E-state index in [1.165, 1.54) is 18.2 Å². The maximum Gasteiger partial charge on any atom is 0.318 e. The van der Waals surface area contributed by atoms with Gasteiger partial charge in [0.1, 0.15) is 11.5 Å². The molecule has 29 heavy (non-hydrogen) atoms. The van der Waals surface area contributed by atoms with Crippen molar-refractivity contribution < 1.29 is 14.0 Å². The van der Waals surface area contributed by atoms with Gasteiger partial charge in [-0.1, -0.05) is 18.5 Å². The van der Waals surface area contributed by atoms with Gasteiger partial charge < -0.3 is 16.0 Å². The second-order valence-electron chi connectivity index (χ2n) is 8.31. The zero-order chi connectivity index (χ0) is 20.9. The molecule has 154 valence electrons. The van der Waals surface area contributed by atoms with Gasteiger partial charge in [0, 0.05) is 17.6 Å². The Balaban J connectivity index is 1.62. The largest absolute Gasteiger partial charge is 0.365 e. The predicted molar refractivity (Wildman–Crippen MR) is 107 cm³/mol. The summed E-state index contributed by atoms with van der Waals surface area (Å²) in [6.07, 6.45) is 1.90. The van der Waals surface area contributed by atoms with Crippen LogP contribution in [-0.4, -0.2) is 38.7 Å². The Morgan fingerprint density at radius 1 is 1.34 bits per heavy atom. The van der Waals surface area contributed by atoms with Crippen molar-refractivity contribution in [3.63, 3.8) is 0 Å². The Morgan fingerprint density at radius 3 is 2.69 bits per heavy atom. The molecule has 1 fully saturated rings. The molecule has 7 nitrogen and oxygen atoms in total. The van der Waals surface area contributed by atoms with Crippen molar-refractivity contribution in [1.29, 1.82) is 0 Å². The van der Waals surface area contributed by atoms with Crippen molar-refractivity contribution in [1.82, 2.24) is 20.0 Å². The Hall–Kier alpha value is -2.61. The van der Waals surface area contributed by atoms with Gasteiger partial charge in [-0.15, -0.1) is 0 Å². The Bertz CT molecular complexity index is 999. The summed E-state index contributed by atoms with van der Waals surface area (Å²) in [6, 6.07) is 3.99. The van der Waals surface area contributed by atoms with Crippen LogP contribution in [0.3, 0.4) is 0 Å². The molecule has 3 amide bonds. The highest BCUT2D eigenvalue weighted by atomic mass is 35.5. The van der Waals surface area contributed by atoms with Crippen LogP contribution in [0.1, 0.15) is 42.7 Å². The first-order chi connectivity index (χ1) is 13.7. The Morgan fingerprint density at radius 2 is 2.07 bits per heavy atom. The van der Waals surface area contributed by atoms with E-state index in [1.807, 2.05) is 6.92 Å². The fourth-order valence-corrected chi connectivity index (χ4v) is 4.69. The number of halogens is 2. The highest BCUT2D eigenvalue weighted by molar-refractivity contribution is 6.31. The van der Waals surface area contributed by atoms with Gasteiger partial charge in [0.2, 0.25) is 0 Å². The Kier molecular flexibility index (Phi) is 4.77. The lowest BCUT2D eigenvalue weighted by molar-refractivity contribution is 0.0993. The van der Waals surface area contributed by atoms with E-state index in [0.717, 1.165) is 12.8 Å². The topological polar surface area (TPSA) is 93.2 Å². The summed E-state index contributed by atoms with van der Waals surface area (Å²) in [4.78, 5) is 26.7. The van der Waals surface area contributed by atoms with E-state index < -0.39 is 11.7 Å². The molecular weight excluding hydrogens is 397 g/mol. The first-order valence-electron chi connectivity index (χ1n) is 9.59. The van der Waals surface area contributed by atoms with Crippen LogP contribution in [0, 0.1) is 11.7 Å². The molecule has 0 radical (unpaired) electrons. The smallest absolute Gasteiger partial charge is 0.318 e. The molecule has 0 spiro atoms. The van der Waals surface area contributed by atoms with Gasteiger partial charge in [-0.05, 0) is 43.9 Å². The predicted octanol–water partition coefficient (Wildman–Crippen LogP) is 3.16. The zero-order valence-electron chi connectivity index (χ0n) is 16.3. The first-order valence-corrected chi connectivity index (χ1v) is 9.96. The fraction of sp³-hybridized carbons (Fsp3) is 0.450. The van der Waals surface area contributed by atoms with Gasteiger partial charge in [0.15, 0.2) is 0 Å². The number of nitrogens with two attached hydrogens (primary N) is 1. The summed E-state index contributed by atoms with van der Waals surface area (Å²) < 4.78 is 15.2. The van der Waals surface area contributed by atoms with Crippen molar-refractivity contribution in [3.8, 4) is 11.3 Å². The molecular formula is C20H23ClFN5O2. The van der Waals surface area contributed by atoms with Crippen LogP contribution in [0.4, 0.5) is 9.18 Å². The summed E-state index contributed by atoms with van der Waals surface area (Å²) in [5.41, 5.74) is 7.10. The monoisotopic (exact) mass is 419 g/mol. The number of primary amides is 1. The standard InChI is InChI=1S/C20H23ClFN5O2/c1-11-8-20(2,9-11)24-19(29)26-5-6-27-15(10-26)16(18(23)28)17(25-27)12-3-4-14(22)13(21)7-12/h3-4,7,11H,5-6,8-10H2,1-2H3,(H2,23,28)(H,24,29)/t11-,20-. The third kappa shape index (κ3) is 3.57. The lowest BCUT2D eigenvalue weighted by atomic mass is 9.70. The molecule has 3 N–H and O–H groups in total. The quantitative estimate of drug-likeness (QED) is 0.800. The number of urea groups is 1. The summed E-state index contributed by atoms with van der Waals surface area (Å²) in [7, 11) is 0. The van der Waals surface area contributed by atoms with E-state index in [-0.39, 0.29) is 28.7 Å². The molecule has 0 saturated heterocycles. The number of fused-ring (bicyclic) bond motifs is 1. The number of hydrogen-bond acceptors (Lipinski definition) is 3. The minimum Gasteiger partial charge on any atom is -0.365 e. The molecule has 0 unspecified atom stereocenters. The minimum atomic E-state index is -0.649. The molecule has 0 bridgehead atoms. The SMILES string of the molecule is C[C@H]1C[C@](C)(NC(=O)N2CCn3nc(-c4ccc(F)c(Cl)c4)c(C(N)=O)c3C2)C1. The van der Waals surface area contributed by atoms with Gasteiger partial charge >= 0.3 is 6.03 Å². The van der Waals surface area contributed by atoms with E-state index in [4.69, 9.17) is 17.3 Å². The number of nitrogens with one attached hydrogen (secondary N) is 1. The maximum atomic E-state index is 13.5. The van der Waals surface area contributed by atoms with Crippen molar-refractivity contribution in [2.75, 3.05) is 6.54 Å². The average Bonchev–Trinajstić information content (AvgIpc) is 3.01. The van der Waals surface area contributed by atoms with Crippen LogP contribution in [0.2, 0.25) is 5.02 Å². The molecule has 1 aliphatic heterocycles. The Labute approximate surface area is 173 Å². The molecule has 4 rings (SSSR count). The molecule has 2 aromatic rings. The van der Waals surface area contributed by atoms with E-state index in [0.29, 0.717) is 36.0 Å². The number of rotatable bonds is 3. The summed E-state index contributed by atoms with van der Waals surface area (Å²) >= 11 is 5.89. The molecule has 1 aromatic carbocycles. The van der Waals surface area contributed by atoms with Crippen LogP contribution >= 0.6 is 11.6 Å². The molecule has 2 heterocycles. The van der Waals surface area contributed by atoms with Crippen LogP contribution in [0.5, 0.6) is 0 Å². The van der Waals surface area contributed by atoms with Gasteiger partial charge in [-0.3, -0.25) is 9.48 Å². The number of benzene rings is 1. The van der Waals surface area contributed by atoms with Crippen molar-refractivity contribution in [3.05, 3.63) is 40.3 Å². The van der Waals surface area contributed by atoms with Crippen LogP contribution in [0.15, 0.2) is 18.2 Å². The number of amides is 3. The lowest BCUT2D eigenvalue weighted by Gasteiger charge is -2.45.